The predicted octanol–water partition coefficient (Wildman–Crippen LogP) is 1.80. The van der Waals surface area contributed by atoms with Crippen LogP contribution >= 0.6 is 11.3 Å². The van der Waals surface area contributed by atoms with E-state index in [0.29, 0.717) is 10.8 Å². The first-order valence-electron chi connectivity index (χ1n) is 7.03. The van der Waals surface area contributed by atoms with Gasteiger partial charge in [-0.3, -0.25) is 9.59 Å². The summed E-state index contributed by atoms with van der Waals surface area (Å²) in [6.07, 6.45) is -1.04. The molecular weight excluding hydrogens is 332 g/mol. The molecule has 0 aliphatic rings. The highest BCUT2D eigenvalue weighted by Crippen LogP contribution is 2.22. The summed E-state index contributed by atoms with van der Waals surface area (Å²) in [4.78, 5) is 34.9. The summed E-state index contributed by atoms with van der Waals surface area (Å²) in [7, 11) is 0. The highest BCUT2D eigenvalue weighted by Gasteiger charge is 2.20. The Bertz CT molecular complexity index is 729. The molecule has 1 aromatic carbocycles. The molecule has 1 heterocycles. The monoisotopic (exact) mass is 348 g/mol. The molecule has 1 aromatic heterocycles. The lowest BCUT2D eigenvalue weighted by molar-refractivity contribution is -0.155. The van der Waals surface area contributed by atoms with Crippen molar-refractivity contribution in [2.24, 2.45) is 5.73 Å². The standard InChI is InChI=1S/C16H16N2O5S/c1-10(15(21)18-16-12(14(17)20)7-8-24-16)23-13(19)9-22-11-5-3-2-4-6-11/h2-8,10H,9H2,1H3,(H2,17,20)(H,18,21). The lowest BCUT2D eigenvalue weighted by Crippen LogP contribution is -2.32. The second-order valence-electron chi connectivity index (χ2n) is 4.75. The van der Waals surface area contributed by atoms with E-state index < -0.39 is 23.9 Å². The van der Waals surface area contributed by atoms with E-state index in [1.165, 1.54) is 13.0 Å². The third-order valence-electron chi connectivity index (χ3n) is 2.94. The summed E-state index contributed by atoms with van der Waals surface area (Å²) in [5.41, 5.74) is 5.41. The van der Waals surface area contributed by atoms with E-state index in [1.807, 2.05) is 6.07 Å². The zero-order valence-corrected chi connectivity index (χ0v) is 13.7. The number of carbonyl (C=O) groups is 3. The van der Waals surface area contributed by atoms with Crippen LogP contribution in [0.25, 0.3) is 0 Å². The Morgan fingerprint density at radius 2 is 1.92 bits per heavy atom. The number of anilines is 1. The fourth-order valence-electron chi connectivity index (χ4n) is 1.76. The highest BCUT2D eigenvalue weighted by molar-refractivity contribution is 7.14. The Balaban J connectivity index is 1.83. The number of ether oxygens (including phenoxy) is 2. The topological polar surface area (TPSA) is 108 Å². The van der Waals surface area contributed by atoms with Crippen LogP contribution in [0.5, 0.6) is 5.75 Å². The van der Waals surface area contributed by atoms with Crippen LogP contribution in [0.2, 0.25) is 0 Å². The molecule has 126 valence electrons. The minimum Gasteiger partial charge on any atom is -0.482 e. The lowest BCUT2D eigenvalue weighted by Gasteiger charge is -2.13. The fraction of sp³-hybridized carbons (Fsp3) is 0.188. The predicted molar refractivity (Wildman–Crippen MR) is 89.0 cm³/mol. The summed E-state index contributed by atoms with van der Waals surface area (Å²) in [5.74, 6) is -1.36. The van der Waals surface area contributed by atoms with Gasteiger partial charge in [-0.2, -0.15) is 0 Å². The molecule has 0 radical (unpaired) electrons. The number of thiophene rings is 1. The zero-order valence-electron chi connectivity index (χ0n) is 12.9. The van der Waals surface area contributed by atoms with E-state index in [4.69, 9.17) is 15.2 Å². The summed E-state index contributed by atoms with van der Waals surface area (Å²) >= 11 is 1.15. The summed E-state index contributed by atoms with van der Waals surface area (Å²) < 4.78 is 10.2. The summed E-state index contributed by atoms with van der Waals surface area (Å²) in [6.45, 7) is 1.11. The average molecular weight is 348 g/mol. The quantitative estimate of drug-likeness (QED) is 0.742. The van der Waals surface area contributed by atoms with Gasteiger partial charge in [-0.25, -0.2) is 4.79 Å². The summed E-state index contributed by atoms with van der Waals surface area (Å²) in [6, 6.07) is 10.3. The van der Waals surface area contributed by atoms with E-state index in [-0.39, 0.29) is 12.2 Å². The molecule has 1 atom stereocenters. The Kier molecular flexibility index (Phi) is 5.91. The van der Waals surface area contributed by atoms with Crippen molar-refractivity contribution in [3.8, 4) is 5.75 Å². The second-order valence-corrected chi connectivity index (χ2v) is 5.67. The number of benzene rings is 1. The van der Waals surface area contributed by atoms with Gasteiger partial charge in [0.1, 0.15) is 10.8 Å². The van der Waals surface area contributed by atoms with Crippen molar-refractivity contribution in [2.45, 2.75) is 13.0 Å². The summed E-state index contributed by atoms with van der Waals surface area (Å²) in [5, 5.41) is 4.45. The van der Waals surface area contributed by atoms with Gasteiger partial charge in [0, 0.05) is 0 Å². The number of primary amides is 1. The average Bonchev–Trinajstić information content (AvgIpc) is 3.02. The van der Waals surface area contributed by atoms with E-state index in [1.54, 1.807) is 29.6 Å². The van der Waals surface area contributed by atoms with Gasteiger partial charge in [0.25, 0.3) is 11.8 Å². The van der Waals surface area contributed by atoms with Crippen LogP contribution in [0, 0.1) is 0 Å². The second kappa shape index (κ2) is 8.11. The largest absolute Gasteiger partial charge is 0.482 e. The normalized spacial score (nSPS) is 11.4. The molecule has 24 heavy (non-hydrogen) atoms. The molecule has 2 aromatic rings. The molecule has 7 nitrogen and oxygen atoms in total. The van der Waals surface area contributed by atoms with Crippen LogP contribution in [0.3, 0.4) is 0 Å². The SMILES string of the molecule is CC(OC(=O)COc1ccccc1)C(=O)Nc1sccc1C(N)=O. The Morgan fingerprint density at radius 3 is 2.58 bits per heavy atom. The first-order valence-corrected chi connectivity index (χ1v) is 7.91. The molecule has 0 bridgehead atoms. The van der Waals surface area contributed by atoms with Gasteiger partial charge in [0.2, 0.25) is 0 Å². The molecule has 0 aliphatic heterocycles. The van der Waals surface area contributed by atoms with E-state index in [2.05, 4.69) is 5.32 Å². The number of carbonyl (C=O) groups excluding carboxylic acids is 3. The Morgan fingerprint density at radius 1 is 1.21 bits per heavy atom. The van der Waals surface area contributed by atoms with Crippen molar-refractivity contribution in [2.75, 3.05) is 11.9 Å². The van der Waals surface area contributed by atoms with Gasteiger partial charge < -0.3 is 20.5 Å². The van der Waals surface area contributed by atoms with Gasteiger partial charge in [-0.1, -0.05) is 18.2 Å². The number of esters is 1. The van der Waals surface area contributed by atoms with Crippen molar-refractivity contribution in [1.82, 2.24) is 0 Å². The van der Waals surface area contributed by atoms with E-state index in [9.17, 15) is 14.4 Å². The van der Waals surface area contributed by atoms with Gasteiger partial charge in [0.05, 0.1) is 5.56 Å². The van der Waals surface area contributed by atoms with Crippen molar-refractivity contribution in [3.63, 3.8) is 0 Å². The first kappa shape index (κ1) is 17.5. The molecule has 0 spiro atoms. The maximum Gasteiger partial charge on any atom is 0.344 e. The van der Waals surface area contributed by atoms with Crippen molar-refractivity contribution >= 4 is 34.1 Å². The number of nitrogens with two attached hydrogens (primary N) is 1. The molecule has 3 N–H and O–H groups in total. The Hall–Kier alpha value is -2.87. The number of amides is 2. The molecule has 1 unspecified atom stereocenters. The first-order chi connectivity index (χ1) is 11.5. The third kappa shape index (κ3) is 4.82. The zero-order chi connectivity index (χ0) is 17.5. The van der Waals surface area contributed by atoms with Crippen LogP contribution in [0.1, 0.15) is 17.3 Å². The fourth-order valence-corrected chi connectivity index (χ4v) is 2.55. The maximum absolute atomic E-state index is 12.0. The number of rotatable bonds is 7. The van der Waals surface area contributed by atoms with Gasteiger partial charge in [-0.05, 0) is 30.5 Å². The molecular formula is C16H16N2O5S. The Labute approximate surface area is 142 Å². The highest BCUT2D eigenvalue weighted by atomic mass is 32.1. The van der Waals surface area contributed by atoms with Crippen LogP contribution in [-0.4, -0.2) is 30.5 Å². The molecule has 0 saturated heterocycles. The van der Waals surface area contributed by atoms with Crippen molar-refractivity contribution < 1.29 is 23.9 Å². The van der Waals surface area contributed by atoms with Crippen LogP contribution in [0.15, 0.2) is 41.8 Å². The smallest absolute Gasteiger partial charge is 0.344 e. The van der Waals surface area contributed by atoms with Crippen LogP contribution in [0.4, 0.5) is 5.00 Å². The van der Waals surface area contributed by atoms with Crippen LogP contribution in [-0.2, 0) is 14.3 Å². The molecule has 0 saturated carbocycles. The minimum absolute atomic E-state index is 0.208. The van der Waals surface area contributed by atoms with Gasteiger partial charge in [-0.15, -0.1) is 11.3 Å². The molecule has 8 heteroatoms. The molecule has 2 rings (SSSR count). The molecule has 2 amide bonds. The van der Waals surface area contributed by atoms with E-state index >= 15 is 0 Å². The van der Waals surface area contributed by atoms with Gasteiger partial charge >= 0.3 is 5.97 Å². The van der Waals surface area contributed by atoms with Crippen molar-refractivity contribution in [3.05, 3.63) is 47.3 Å². The number of hydrogen-bond acceptors (Lipinski definition) is 6. The molecule has 0 aliphatic carbocycles. The third-order valence-corrected chi connectivity index (χ3v) is 3.77. The number of para-hydroxylation sites is 1. The van der Waals surface area contributed by atoms with E-state index in [0.717, 1.165) is 11.3 Å². The maximum atomic E-state index is 12.0. The number of hydrogen-bond donors (Lipinski definition) is 2. The lowest BCUT2D eigenvalue weighted by atomic mass is 10.3. The van der Waals surface area contributed by atoms with Crippen LogP contribution < -0.4 is 15.8 Å². The number of nitrogens with one attached hydrogen (secondary N) is 1. The van der Waals surface area contributed by atoms with Gasteiger partial charge in [0.15, 0.2) is 12.7 Å². The molecule has 0 fully saturated rings. The minimum atomic E-state index is -1.04. The van der Waals surface area contributed by atoms with Crippen molar-refractivity contribution in [1.29, 1.82) is 0 Å².